The largest absolute Gasteiger partial charge is 0.250 e. The van der Waals surface area contributed by atoms with Gasteiger partial charge in [0.15, 0.2) is 0 Å². The fourth-order valence-electron chi connectivity index (χ4n) is 1.72. The third kappa shape index (κ3) is 2.75. The van der Waals surface area contributed by atoms with Gasteiger partial charge in [0, 0.05) is 39.1 Å². The summed E-state index contributed by atoms with van der Waals surface area (Å²) in [4.78, 5) is 0. The molecule has 3 heteroatoms. The first kappa shape index (κ1) is 11.6. The quantitative estimate of drug-likeness (QED) is 0.567. The molecule has 0 N–H and O–H groups in total. The van der Waals surface area contributed by atoms with E-state index in [2.05, 4.69) is 16.2 Å². The molecule has 0 fully saturated rings. The van der Waals surface area contributed by atoms with Crippen molar-refractivity contribution < 1.29 is 4.21 Å². The van der Waals surface area contributed by atoms with E-state index in [1.165, 1.54) is 0 Å². The van der Waals surface area contributed by atoms with Crippen LogP contribution in [-0.4, -0.2) is 22.8 Å². The van der Waals surface area contributed by atoms with Crippen LogP contribution in [0.15, 0.2) is 4.36 Å². The van der Waals surface area contributed by atoms with Gasteiger partial charge in [-0.05, 0) is 27.7 Å². The fourth-order valence-corrected chi connectivity index (χ4v) is 4.48. The molecule has 0 radical (unpaired) electrons. The minimum Gasteiger partial charge on any atom is -0.250 e. The minimum absolute atomic E-state index is 0.176. The zero-order valence-corrected chi connectivity index (χ0v) is 10.5. The summed E-state index contributed by atoms with van der Waals surface area (Å²) in [6, 6.07) is 0. The van der Waals surface area contributed by atoms with Crippen LogP contribution >= 0.6 is 0 Å². The molecule has 80 valence electrons. The molecule has 0 aromatic carbocycles. The summed E-state index contributed by atoms with van der Waals surface area (Å²) in [7, 11) is -0.427. The van der Waals surface area contributed by atoms with Crippen LogP contribution in [0, 0.1) is 22.7 Å². The molecule has 0 aromatic rings. The molecule has 1 rings (SSSR count). The Bertz CT molecular complexity index is 373. The van der Waals surface area contributed by atoms with Gasteiger partial charge in [-0.1, -0.05) is 11.8 Å². The molecule has 2 nitrogen and oxygen atoms in total. The highest BCUT2D eigenvalue weighted by Gasteiger charge is 2.31. The van der Waals surface area contributed by atoms with Crippen molar-refractivity contribution in [2.75, 3.05) is 18.6 Å². The molecule has 14 heavy (non-hydrogen) atoms. The Balaban J connectivity index is 3.23. The number of nitrogens with zero attached hydrogens (tertiary/aromatic N) is 1. The average molecular weight is 213 g/mol. The monoisotopic (exact) mass is 213 g/mol. The van der Waals surface area contributed by atoms with Crippen LogP contribution < -0.4 is 0 Å². The highest BCUT2D eigenvalue weighted by Crippen LogP contribution is 2.28. The summed E-state index contributed by atoms with van der Waals surface area (Å²) >= 11 is 0. The van der Waals surface area contributed by atoms with Gasteiger partial charge in [-0.2, -0.15) is 0 Å². The van der Waals surface area contributed by atoms with Gasteiger partial charge in [0.1, 0.15) is 0 Å². The van der Waals surface area contributed by atoms with E-state index in [1.807, 2.05) is 27.7 Å². The fraction of sp³-hybridized carbons (Fsp3) is 0.818. The molecule has 0 bridgehead atoms. The standard InChI is InChI=1S/C11H19NOS/c1-10(2)6-7-11(3,4)9-14(13,8-10)12-5/h8-9H2,1-5H3. The van der Waals surface area contributed by atoms with Gasteiger partial charge in [-0.3, -0.25) is 0 Å². The first-order chi connectivity index (χ1) is 6.18. The Morgan fingerprint density at radius 3 is 1.71 bits per heavy atom. The molecule has 0 unspecified atom stereocenters. The topological polar surface area (TPSA) is 29.4 Å². The summed E-state index contributed by atoms with van der Waals surface area (Å²) < 4.78 is 16.5. The first-order valence-corrected chi connectivity index (χ1v) is 6.68. The molecule has 0 saturated heterocycles. The van der Waals surface area contributed by atoms with E-state index >= 15 is 0 Å². The second kappa shape index (κ2) is 3.27. The van der Waals surface area contributed by atoms with Crippen molar-refractivity contribution in [2.45, 2.75) is 27.7 Å². The summed E-state index contributed by atoms with van der Waals surface area (Å²) in [5.74, 6) is 7.60. The van der Waals surface area contributed by atoms with Crippen molar-refractivity contribution in [1.29, 1.82) is 0 Å². The number of hydrogen-bond acceptors (Lipinski definition) is 2. The van der Waals surface area contributed by atoms with Crippen LogP contribution in [0.2, 0.25) is 0 Å². The van der Waals surface area contributed by atoms with Crippen molar-refractivity contribution in [2.24, 2.45) is 15.2 Å². The lowest BCUT2D eigenvalue weighted by Gasteiger charge is -2.20. The smallest absolute Gasteiger partial charge is 0.0494 e. The van der Waals surface area contributed by atoms with Crippen molar-refractivity contribution in [3.05, 3.63) is 0 Å². The lowest BCUT2D eigenvalue weighted by Crippen LogP contribution is -2.26. The predicted molar refractivity (Wildman–Crippen MR) is 61.6 cm³/mol. The van der Waals surface area contributed by atoms with Crippen LogP contribution in [-0.2, 0) is 9.73 Å². The maximum Gasteiger partial charge on any atom is 0.0494 e. The predicted octanol–water partition coefficient (Wildman–Crippen LogP) is 2.15. The van der Waals surface area contributed by atoms with Gasteiger partial charge in [0.2, 0.25) is 0 Å². The maximum atomic E-state index is 12.4. The Morgan fingerprint density at radius 1 is 1.07 bits per heavy atom. The van der Waals surface area contributed by atoms with Crippen molar-refractivity contribution >= 4 is 9.73 Å². The molecular formula is C11H19NOS. The van der Waals surface area contributed by atoms with Crippen LogP contribution in [0.1, 0.15) is 27.7 Å². The molecule has 1 heterocycles. The average Bonchev–Trinajstić information content (AvgIpc) is 2.06. The SMILES string of the molecule is CN=S1(=O)CC(C)(C)C#CC(C)(C)C1. The molecule has 1 aliphatic heterocycles. The van der Waals surface area contributed by atoms with E-state index in [9.17, 15) is 4.21 Å². The van der Waals surface area contributed by atoms with Gasteiger partial charge in [-0.25, -0.2) is 8.57 Å². The van der Waals surface area contributed by atoms with Crippen LogP contribution in [0.25, 0.3) is 0 Å². The normalized spacial score (nSPS) is 26.9. The lowest BCUT2D eigenvalue weighted by atomic mass is 9.92. The number of rotatable bonds is 0. The third-order valence-electron chi connectivity index (χ3n) is 2.24. The van der Waals surface area contributed by atoms with E-state index < -0.39 is 9.73 Å². The van der Waals surface area contributed by atoms with Crippen molar-refractivity contribution in [3.63, 3.8) is 0 Å². The summed E-state index contributed by atoms with van der Waals surface area (Å²) in [5, 5.41) is 0. The van der Waals surface area contributed by atoms with Gasteiger partial charge in [0.05, 0.1) is 0 Å². The molecule has 0 amide bonds. The van der Waals surface area contributed by atoms with E-state index in [1.54, 1.807) is 7.05 Å². The van der Waals surface area contributed by atoms with Gasteiger partial charge in [-0.15, -0.1) is 0 Å². The van der Waals surface area contributed by atoms with Crippen LogP contribution in [0.5, 0.6) is 0 Å². The minimum atomic E-state index is -2.08. The van der Waals surface area contributed by atoms with Gasteiger partial charge >= 0.3 is 0 Å². The highest BCUT2D eigenvalue weighted by molar-refractivity contribution is 7.93. The zero-order valence-electron chi connectivity index (χ0n) is 9.68. The maximum absolute atomic E-state index is 12.4. The molecule has 0 aliphatic carbocycles. The molecule has 0 atom stereocenters. The van der Waals surface area contributed by atoms with Gasteiger partial charge < -0.3 is 0 Å². The van der Waals surface area contributed by atoms with Crippen LogP contribution in [0.4, 0.5) is 0 Å². The molecular weight excluding hydrogens is 194 g/mol. The molecule has 0 spiro atoms. The Hall–Kier alpha value is -0.490. The summed E-state index contributed by atoms with van der Waals surface area (Å²) in [6.07, 6.45) is 0. The Kier molecular flexibility index (Phi) is 2.71. The van der Waals surface area contributed by atoms with Gasteiger partial charge in [0.25, 0.3) is 0 Å². The Morgan fingerprint density at radius 2 is 1.43 bits per heavy atom. The van der Waals surface area contributed by atoms with E-state index in [0.29, 0.717) is 11.5 Å². The summed E-state index contributed by atoms with van der Waals surface area (Å²) in [6.45, 7) is 8.14. The number of hydrogen-bond donors (Lipinski definition) is 0. The van der Waals surface area contributed by atoms with Crippen molar-refractivity contribution in [3.8, 4) is 11.8 Å². The van der Waals surface area contributed by atoms with Crippen molar-refractivity contribution in [1.82, 2.24) is 0 Å². The third-order valence-corrected chi connectivity index (χ3v) is 5.26. The molecule has 1 aliphatic rings. The lowest BCUT2D eigenvalue weighted by molar-refractivity contribution is 0.563. The van der Waals surface area contributed by atoms with E-state index in [0.717, 1.165) is 0 Å². The van der Waals surface area contributed by atoms with Crippen LogP contribution in [0.3, 0.4) is 0 Å². The Labute approximate surface area is 87.7 Å². The first-order valence-electron chi connectivity index (χ1n) is 4.83. The summed E-state index contributed by atoms with van der Waals surface area (Å²) in [5.41, 5.74) is -0.352. The zero-order chi connectivity index (χ0) is 11.0. The van der Waals surface area contributed by atoms with E-state index in [4.69, 9.17) is 0 Å². The second-order valence-corrected chi connectivity index (χ2v) is 7.75. The van der Waals surface area contributed by atoms with E-state index in [-0.39, 0.29) is 10.8 Å². The molecule has 0 aromatic heterocycles. The highest BCUT2D eigenvalue weighted by atomic mass is 32.2. The molecule has 0 saturated carbocycles. The second-order valence-electron chi connectivity index (χ2n) is 5.26.